The van der Waals surface area contributed by atoms with Gasteiger partial charge in [0.2, 0.25) is 5.90 Å². The standard InChI is InChI=1S/C27H18F4N6O3/c1-16-4-10-20(13-18(16)7-11-21-15-32-23-3-2-12-33-36(21)23)34-26(39)37-22(17-5-8-19(28)9-6-17)14-24(35-37)40-25(38)27(29,30)31/h2-6,8-10,12-13,15,22H,14H2,1H3,(H,34,39)/t22-/m0/s1. The first-order chi connectivity index (χ1) is 19.1. The summed E-state index contributed by atoms with van der Waals surface area (Å²) in [4.78, 5) is 28.8. The molecule has 202 valence electrons. The van der Waals surface area contributed by atoms with Crippen LogP contribution in [0.4, 0.5) is 28.0 Å². The van der Waals surface area contributed by atoms with Crippen molar-refractivity contribution in [3.05, 3.63) is 95.2 Å². The summed E-state index contributed by atoms with van der Waals surface area (Å²) in [7, 11) is 0. The predicted octanol–water partition coefficient (Wildman–Crippen LogP) is 4.97. The molecule has 0 fully saturated rings. The molecule has 4 aromatic rings. The number of fused-ring (bicyclic) bond motifs is 1. The van der Waals surface area contributed by atoms with Crippen LogP contribution in [0.25, 0.3) is 5.65 Å². The molecule has 1 aliphatic rings. The summed E-state index contributed by atoms with van der Waals surface area (Å²) in [6.07, 6.45) is -2.39. The summed E-state index contributed by atoms with van der Waals surface area (Å²) >= 11 is 0. The van der Waals surface area contributed by atoms with Gasteiger partial charge in [-0.25, -0.2) is 28.5 Å². The lowest BCUT2D eigenvalue weighted by molar-refractivity contribution is -0.191. The molecule has 1 atom stereocenters. The summed E-state index contributed by atoms with van der Waals surface area (Å²) in [6, 6.07) is 11.7. The number of ether oxygens (including phenoxy) is 1. The average molecular weight is 550 g/mol. The van der Waals surface area contributed by atoms with E-state index in [-0.39, 0.29) is 6.42 Å². The number of urea groups is 1. The number of nitrogens with one attached hydrogen (secondary N) is 1. The summed E-state index contributed by atoms with van der Waals surface area (Å²) in [5.41, 5.74) is 3.28. The highest BCUT2D eigenvalue weighted by Crippen LogP contribution is 2.33. The van der Waals surface area contributed by atoms with Crippen LogP contribution in [0.5, 0.6) is 0 Å². The van der Waals surface area contributed by atoms with Crippen molar-refractivity contribution in [1.29, 1.82) is 0 Å². The summed E-state index contributed by atoms with van der Waals surface area (Å²) in [5.74, 6) is 2.42. The van der Waals surface area contributed by atoms with Crippen LogP contribution < -0.4 is 5.32 Å². The van der Waals surface area contributed by atoms with Crippen LogP contribution in [0, 0.1) is 24.6 Å². The quantitative estimate of drug-likeness (QED) is 0.216. The smallest absolute Gasteiger partial charge is 0.403 e. The second-order valence-corrected chi connectivity index (χ2v) is 8.64. The zero-order valence-corrected chi connectivity index (χ0v) is 20.6. The number of nitrogens with zero attached hydrogens (tertiary/aromatic N) is 5. The molecule has 2 aromatic carbocycles. The fraction of sp³-hybridized carbons (Fsp3) is 0.148. The van der Waals surface area contributed by atoms with Gasteiger partial charge in [-0.3, -0.25) is 0 Å². The first kappa shape index (κ1) is 26.4. The largest absolute Gasteiger partial charge is 0.491 e. The molecule has 0 unspecified atom stereocenters. The number of alkyl halides is 3. The number of hydrazone groups is 1. The predicted molar refractivity (Wildman–Crippen MR) is 134 cm³/mol. The van der Waals surface area contributed by atoms with Crippen molar-refractivity contribution in [3.63, 3.8) is 0 Å². The molecular weight excluding hydrogens is 532 g/mol. The molecule has 1 N–H and O–H groups in total. The van der Waals surface area contributed by atoms with Crippen molar-refractivity contribution < 1.29 is 31.9 Å². The molecule has 0 bridgehead atoms. The zero-order valence-electron chi connectivity index (χ0n) is 20.6. The zero-order chi connectivity index (χ0) is 28.4. The van der Waals surface area contributed by atoms with Crippen molar-refractivity contribution in [1.82, 2.24) is 19.6 Å². The van der Waals surface area contributed by atoms with Crippen LogP contribution in [-0.4, -0.2) is 43.7 Å². The number of carbonyl (C=O) groups excluding carboxylic acids is 2. The van der Waals surface area contributed by atoms with E-state index in [1.807, 2.05) is 6.92 Å². The fourth-order valence-corrected chi connectivity index (χ4v) is 3.90. The van der Waals surface area contributed by atoms with Crippen molar-refractivity contribution >= 4 is 29.2 Å². The third kappa shape index (κ3) is 5.60. The summed E-state index contributed by atoms with van der Waals surface area (Å²) in [6.45, 7) is 1.83. The lowest BCUT2D eigenvalue weighted by Crippen LogP contribution is -2.31. The van der Waals surface area contributed by atoms with E-state index in [0.29, 0.717) is 28.2 Å². The number of carbonyl (C=O) groups is 2. The van der Waals surface area contributed by atoms with Gasteiger partial charge in [-0.2, -0.15) is 18.3 Å². The Hall–Kier alpha value is -5.25. The van der Waals surface area contributed by atoms with Crippen LogP contribution in [0.15, 0.2) is 72.1 Å². The van der Waals surface area contributed by atoms with E-state index in [1.54, 1.807) is 47.2 Å². The van der Waals surface area contributed by atoms with Crippen LogP contribution in [-0.2, 0) is 9.53 Å². The molecule has 1 aliphatic heterocycles. The van der Waals surface area contributed by atoms with Crippen LogP contribution >= 0.6 is 0 Å². The van der Waals surface area contributed by atoms with Crippen molar-refractivity contribution in [2.75, 3.05) is 5.32 Å². The molecule has 0 aliphatic carbocycles. The molecule has 0 saturated heterocycles. The Morgan fingerprint density at radius 1 is 1.10 bits per heavy atom. The summed E-state index contributed by atoms with van der Waals surface area (Å²) < 4.78 is 57.6. The van der Waals surface area contributed by atoms with Gasteiger partial charge in [-0.1, -0.05) is 24.1 Å². The number of hydrogen-bond donors (Lipinski definition) is 1. The lowest BCUT2D eigenvalue weighted by Gasteiger charge is -2.22. The number of imidazole rings is 1. The Morgan fingerprint density at radius 2 is 1.88 bits per heavy atom. The molecule has 40 heavy (non-hydrogen) atoms. The first-order valence-electron chi connectivity index (χ1n) is 11.7. The molecule has 5 rings (SSSR count). The maximum atomic E-state index is 13.5. The fourth-order valence-electron chi connectivity index (χ4n) is 3.90. The number of anilines is 1. The molecule has 2 amide bonds. The van der Waals surface area contributed by atoms with Gasteiger partial charge in [0.25, 0.3) is 0 Å². The van der Waals surface area contributed by atoms with Gasteiger partial charge in [-0.15, -0.1) is 5.10 Å². The third-order valence-electron chi connectivity index (χ3n) is 5.88. The lowest BCUT2D eigenvalue weighted by atomic mass is 10.0. The maximum absolute atomic E-state index is 13.5. The van der Waals surface area contributed by atoms with Gasteiger partial charge in [0, 0.05) is 17.4 Å². The average Bonchev–Trinajstić information content (AvgIpc) is 3.53. The number of rotatable bonds is 2. The minimum atomic E-state index is -5.25. The van der Waals surface area contributed by atoms with Crippen molar-refractivity contribution in [2.24, 2.45) is 5.10 Å². The van der Waals surface area contributed by atoms with E-state index in [1.165, 1.54) is 12.1 Å². The minimum absolute atomic E-state index is 0.324. The highest BCUT2D eigenvalue weighted by Gasteiger charge is 2.44. The van der Waals surface area contributed by atoms with Gasteiger partial charge in [0.05, 0.1) is 18.7 Å². The van der Waals surface area contributed by atoms with Crippen LogP contribution in [0.2, 0.25) is 0 Å². The van der Waals surface area contributed by atoms with E-state index in [4.69, 9.17) is 0 Å². The second kappa shape index (κ2) is 10.5. The Kier molecular flexibility index (Phi) is 6.91. The van der Waals surface area contributed by atoms with Gasteiger partial charge in [-0.05, 0) is 60.4 Å². The van der Waals surface area contributed by atoms with E-state index in [9.17, 15) is 27.2 Å². The maximum Gasteiger partial charge on any atom is 0.491 e. The molecule has 9 nitrogen and oxygen atoms in total. The van der Waals surface area contributed by atoms with E-state index in [2.05, 4.69) is 37.1 Å². The first-order valence-corrected chi connectivity index (χ1v) is 11.7. The summed E-state index contributed by atoms with van der Waals surface area (Å²) in [5, 5.41) is 11.5. The van der Waals surface area contributed by atoms with Crippen molar-refractivity contribution in [3.8, 4) is 11.8 Å². The van der Waals surface area contributed by atoms with Gasteiger partial charge >= 0.3 is 18.2 Å². The van der Waals surface area contributed by atoms with Gasteiger partial charge in [0.15, 0.2) is 5.65 Å². The second-order valence-electron chi connectivity index (χ2n) is 8.64. The monoisotopic (exact) mass is 550 g/mol. The molecular formula is C27H18F4N6O3. The van der Waals surface area contributed by atoms with Crippen LogP contribution in [0.1, 0.15) is 34.8 Å². The minimum Gasteiger partial charge on any atom is -0.403 e. The van der Waals surface area contributed by atoms with E-state index >= 15 is 0 Å². The van der Waals surface area contributed by atoms with E-state index < -0.39 is 35.9 Å². The SMILES string of the molecule is Cc1ccc(NC(=O)N2N=C(OC(=O)C(F)(F)F)C[C@H]2c2ccc(F)cc2)cc1C#Cc1cnc2cccnn12. The number of amides is 2. The van der Waals surface area contributed by atoms with Crippen molar-refractivity contribution in [2.45, 2.75) is 25.6 Å². The molecule has 0 spiro atoms. The van der Waals surface area contributed by atoms with Gasteiger partial charge < -0.3 is 10.1 Å². The van der Waals surface area contributed by atoms with E-state index in [0.717, 1.165) is 22.7 Å². The number of aryl methyl sites for hydroxylation is 1. The Bertz CT molecular complexity index is 1700. The Labute approximate surface area is 224 Å². The third-order valence-corrected chi connectivity index (χ3v) is 5.88. The number of esters is 1. The number of aromatic nitrogens is 3. The number of hydrogen-bond acceptors (Lipinski definition) is 6. The molecule has 0 radical (unpaired) electrons. The highest BCUT2D eigenvalue weighted by molar-refractivity contribution is 5.96. The molecule has 3 heterocycles. The van der Waals surface area contributed by atoms with Crippen LogP contribution in [0.3, 0.4) is 0 Å². The normalized spacial score (nSPS) is 14.9. The highest BCUT2D eigenvalue weighted by atomic mass is 19.4. The molecule has 13 heteroatoms. The topological polar surface area (TPSA) is 101 Å². The van der Waals surface area contributed by atoms with Gasteiger partial charge in [0.1, 0.15) is 11.5 Å². The Balaban J connectivity index is 1.39. The molecule has 2 aromatic heterocycles. The molecule has 0 saturated carbocycles. The number of halogens is 4. The Morgan fingerprint density at radius 3 is 2.62 bits per heavy atom. The number of benzene rings is 2.